The van der Waals surface area contributed by atoms with E-state index in [2.05, 4.69) is 22.7 Å². The summed E-state index contributed by atoms with van der Waals surface area (Å²) in [4.78, 5) is 4.63. The van der Waals surface area contributed by atoms with Gasteiger partial charge in [-0.2, -0.15) is 0 Å². The van der Waals surface area contributed by atoms with Crippen molar-refractivity contribution in [3.8, 4) is 0 Å². The lowest BCUT2D eigenvalue weighted by Gasteiger charge is -2.11. The molecular formula is C11H19N3. The topological polar surface area (TPSA) is 43.8 Å². The molecule has 0 fully saturated rings. The second-order valence-corrected chi connectivity index (χ2v) is 4.31. The van der Waals surface area contributed by atoms with Gasteiger partial charge in [-0.1, -0.05) is 0 Å². The van der Waals surface area contributed by atoms with Gasteiger partial charge in [-0.05, 0) is 32.6 Å². The van der Waals surface area contributed by atoms with Crippen LogP contribution in [-0.4, -0.2) is 15.6 Å². The standard InChI is InChI=1S/C11H19N3/c1-9(12)5-6-10-8-14-7-3-2-4-11(14)13-10/h8-9H,2-7,12H2,1H3/t9-/m1/s1. The summed E-state index contributed by atoms with van der Waals surface area (Å²) in [6.07, 6.45) is 8.02. The Labute approximate surface area is 85.3 Å². The van der Waals surface area contributed by atoms with Gasteiger partial charge in [0.1, 0.15) is 5.82 Å². The first kappa shape index (κ1) is 9.71. The van der Waals surface area contributed by atoms with E-state index in [4.69, 9.17) is 5.73 Å². The third-order valence-corrected chi connectivity index (χ3v) is 2.81. The lowest BCUT2D eigenvalue weighted by atomic mass is 10.1. The normalized spacial score (nSPS) is 17.9. The first-order valence-corrected chi connectivity index (χ1v) is 5.56. The zero-order valence-electron chi connectivity index (χ0n) is 8.87. The van der Waals surface area contributed by atoms with E-state index in [0.29, 0.717) is 0 Å². The van der Waals surface area contributed by atoms with Gasteiger partial charge in [-0.25, -0.2) is 4.98 Å². The van der Waals surface area contributed by atoms with Gasteiger partial charge in [0.25, 0.3) is 0 Å². The van der Waals surface area contributed by atoms with E-state index in [1.807, 2.05) is 0 Å². The molecule has 2 N–H and O–H groups in total. The molecule has 0 aliphatic carbocycles. The molecule has 0 unspecified atom stereocenters. The fourth-order valence-electron chi connectivity index (χ4n) is 1.97. The highest BCUT2D eigenvalue weighted by atomic mass is 15.1. The minimum absolute atomic E-state index is 0.286. The average molecular weight is 193 g/mol. The molecule has 1 aliphatic rings. The Balaban J connectivity index is 2.01. The van der Waals surface area contributed by atoms with Crippen molar-refractivity contribution in [2.24, 2.45) is 5.73 Å². The van der Waals surface area contributed by atoms with Gasteiger partial charge in [0.05, 0.1) is 5.69 Å². The molecule has 78 valence electrons. The fraction of sp³-hybridized carbons (Fsp3) is 0.727. The Bertz CT molecular complexity index is 278. The second-order valence-electron chi connectivity index (χ2n) is 4.31. The quantitative estimate of drug-likeness (QED) is 0.790. The molecule has 1 aromatic rings. The fourth-order valence-corrected chi connectivity index (χ4v) is 1.97. The van der Waals surface area contributed by atoms with E-state index in [-0.39, 0.29) is 6.04 Å². The van der Waals surface area contributed by atoms with Crippen LogP contribution < -0.4 is 5.73 Å². The van der Waals surface area contributed by atoms with Gasteiger partial charge < -0.3 is 10.3 Å². The third-order valence-electron chi connectivity index (χ3n) is 2.81. The van der Waals surface area contributed by atoms with Crippen LogP contribution in [0, 0.1) is 0 Å². The molecule has 0 radical (unpaired) electrons. The lowest BCUT2D eigenvalue weighted by molar-refractivity contribution is 0.522. The zero-order valence-corrected chi connectivity index (χ0v) is 8.87. The van der Waals surface area contributed by atoms with Crippen LogP contribution >= 0.6 is 0 Å². The SMILES string of the molecule is C[C@@H](N)CCc1cn2c(n1)CCCC2. The van der Waals surface area contributed by atoms with E-state index in [9.17, 15) is 0 Å². The van der Waals surface area contributed by atoms with Gasteiger partial charge in [0.2, 0.25) is 0 Å². The van der Waals surface area contributed by atoms with Crippen LogP contribution in [0.2, 0.25) is 0 Å². The van der Waals surface area contributed by atoms with Crippen molar-refractivity contribution in [3.63, 3.8) is 0 Å². The van der Waals surface area contributed by atoms with Crippen molar-refractivity contribution in [1.29, 1.82) is 0 Å². The number of rotatable bonds is 3. The molecule has 0 saturated carbocycles. The molecule has 0 aromatic carbocycles. The van der Waals surface area contributed by atoms with E-state index in [1.54, 1.807) is 0 Å². The maximum atomic E-state index is 5.73. The average Bonchev–Trinajstić information content (AvgIpc) is 2.57. The predicted molar refractivity (Wildman–Crippen MR) is 57.1 cm³/mol. The number of nitrogens with zero attached hydrogens (tertiary/aromatic N) is 2. The number of fused-ring (bicyclic) bond motifs is 1. The molecule has 0 saturated heterocycles. The Hall–Kier alpha value is -0.830. The number of hydrogen-bond acceptors (Lipinski definition) is 2. The van der Waals surface area contributed by atoms with Crippen molar-refractivity contribution in [2.45, 2.75) is 51.6 Å². The summed E-state index contributed by atoms with van der Waals surface area (Å²) in [5.41, 5.74) is 6.95. The van der Waals surface area contributed by atoms with Crippen molar-refractivity contribution in [2.75, 3.05) is 0 Å². The van der Waals surface area contributed by atoms with Gasteiger partial charge >= 0.3 is 0 Å². The summed E-state index contributed by atoms with van der Waals surface area (Å²) in [5.74, 6) is 1.27. The highest BCUT2D eigenvalue weighted by molar-refractivity contribution is 5.06. The van der Waals surface area contributed by atoms with Crippen molar-refractivity contribution in [1.82, 2.24) is 9.55 Å². The van der Waals surface area contributed by atoms with Crippen LogP contribution in [0.3, 0.4) is 0 Å². The third kappa shape index (κ3) is 2.15. The number of aryl methyl sites for hydroxylation is 3. The Kier molecular flexibility index (Phi) is 2.87. The molecule has 14 heavy (non-hydrogen) atoms. The molecule has 3 heteroatoms. The summed E-state index contributed by atoms with van der Waals surface area (Å²) < 4.78 is 2.31. The smallest absolute Gasteiger partial charge is 0.108 e. The van der Waals surface area contributed by atoms with E-state index in [0.717, 1.165) is 25.8 Å². The summed E-state index contributed by atoms with van der Waals surface area (Å²) in [7, 11) is 0. The van der Waals surface area contributed by atoms with Crippen LogP contribution in [0.1, 0.15) is 37.7 Å². The molecule has 1 aliphatic heterocycles. The number of imidazole rings is 1. The van der Waals surface area contributed by atoms with E-state index < -0.39 is 0 Å². The molecule has 0 spiro atoms. The highest BCUT2D eigenvalue weighted by Crippen LogP contribution is 2.15. The first-order valence-electron chi connectivity index (χ1n) is 5.56. The molecule has 2 heterocycles. The monoisotopic (exact) mass is 193 g/mol. The molecule has 0 amide bonds. The molecule has 2 rings (SSSR count). The Morgan fingerprint density at radius 1 is 1.57 bits per heavy atom. The van der Waals surface area contributed by atoms with Crippen LogP contribution in [0.25, 0.3) is 0 Å². The van der Waals surface area contributed by atoms with Crippen LogP contribution in [0.5, 0.6) is 0 Å². The molecule has 1 atom stereocenters. The molecular weight excluding hydrogens is 174 g/mol. The van der Waals surface area contributed by atoms with Gasteiger partial charge in [-0.15, -0.1) is 0 Å². The van der Waals surface area contributed by atoms with Crippen molar-refractivity contribution >= 4 is 0 Å². The minimum atomic E-state index is 0.286. The number of aromatic nitrogens is 2. The molecule has 3 nitrogen and oxygen atoms in total. The Morgan fingerprint density at radius 2 is 2.43 bits per heavy atom. The van der Waals surface area contributed by atoms with Crippen LogP contribution in [0.15, 0.2) is 6.20 Å². The summed E-state index contributed by atoms with van der Waals surface area (Å²) in [6, 6.07) is 0.286. The van der Waals surface area contributed by atoms with Gasteiger partial charge in [0.15, 0.2) is 0 Å². The first-order chi connectivity index (χ1) is 6.75. The predicted octanol–water partition coefficient (Wildman–Crippen LogP) is 1.50. The Morgan fingerprint density at radius 3 is 3.14 bits per heavy atom. The highest BCUT2D eigenvalue weighted by Gasteiger charge is 2.11. The van der Waals surface area contributed by atoms with E-state index >= 15 is 0 Å². The zero-order chi connectivity index (χ0) is 9.97. The largest absolute Gasteiger partial charge is 0.335 e. The van der Waals surface area contributed by atoms with Crippen LogP contribution in [0.4, 0.5) is 0 Å². The maximum Gasteiger partial charge on any atom is 0.108 e. The minimum Gasteiger partial charge on any atom is -0.335 e. The van der Waals surface area contributed by atoms with Crippen molar-refractivity contribution < 1.29 is 0 Å². The van der Waals surface area contributed by atoms with Gasteiger partial charge in [0, 0.05) is 25.2 Å². The maximum absolute atomic E-state index is 5.73. The second kappa shape index (κ2) is 4.13. The number of nitrogens with two attached hydrogens (primary N) is 1. The number of hydrogen-bond donors (Lipinski definition) is 1. The lowest BCUT2D eigenvalue weighted by Crippen LogP contribution is -2.15. The summed E-state index contributed by atoms with van der Waals surface area (Å²) in [5, 5.41) is 0. The van der Waals surface area contributed by atoms with Crippen molar-refractivity contribution in [3.05, 3.63) is 17.7 Å². The summed E-state index contributed by atoms with van der Waals surface area (Å²) in [6.45, 7) is 3.20. The molecule has 1 aromatic heterocycles. The molecule has 0 bridgehead atoms. The van der Waals surface area contributed by atoms with Crippen LogP contribution in [-0.2, 0) is 19.4 Å². The van der Waals surface area contributed by atoms with Gasteiger partial charge in [-0.3, -0.25) is 0 Å². The summed E-state index contributed by atoms with van der Waals surface area (Å²) >= 11 is 0. The van der Waals surface area contributed by atoms with E-state index in [1.165, 1.54) is 24.4 Å².